The predicted octanol–water partition coefficient (Wildman–Crippen LogP) is 2.47. The van der Waals surface area contributed by atoms with Crippen LogP contribution in [0, 0.1) is 11.6 Å². The second-order valence-electron chi connectivity index (χ2n) is 5.06. The summed E-state index contributed by atoms with van der Waals surface area (Å²) in [6.07, 6.45) is 1.02. The van der Waals surface area contributed by atoms with Gasteiger partial charge in [0.2, 0.25) is 0 Å². The van der Waals surface area contributed by atoms with Crippen molar-refractivity contribution in [2.24, 2.45) is 0 Å². The van der Waals surface area contributed by atoms with Crippen LogP contribution >= 0.6 is 0 Å². The predicted molar refractivity (Wildman–Crippen MR) is 80.6 cm³/mol. The average Bonchev–Trinajstić information content (AvgIpc) is 2.45. The Morgan fingerprint density at radius 1 is 1.33 bits per heavy atom. The van der Waals surface area contributed by atoms with E-state index >= 15 is 0 Å². The molecule has 0 bridgehead atoms. The smallest absolute Gasteiger partial charge is 0.251 e. The summed E-state index contributed by atoms with van der Waals surface area (Å²) >= 11 is 0. The molecule has 0 aliphatic carbocycles. The molecule has 21 heavy (non-hydrogen) atoms. The largest absolute Gasteiger partial charge is 0.383 e. The monoisotopic (exact) mass is 299 g/mol. The number of halogens is 2. The summed E-state index contributed by atoms with van der Waals surface area (Å²) in [5.74, 6) is -2.04. The molecule has 2 N–H and O–H groups in total. The van der Waals surface area contributed by atoms with Crippen LogP contribution in [0.15, 0.2) is 12.1 Å². The molecule has 0 aliphatic heterocycles. The molecule has 6 heteroatoms. The summed E-state index contributed by atoms with van der Waals surface area (Å²) in [6.45, 7) is 5.30. The van der Waals surface area contributed by atoms with Gasteiger partial charge in [0.05, 0.1) is 0 Å². The number of carbonyl (C=O) groups excluding carboxylic acids is 1. The van der Waals surface area contributed by atoms with Gasteiger partial charge in [-0.3, -0.25) is 4.79 Å². The maximum absolute atomic E-state index is 13.6. The van der Waals surface area contributed by atoms with Crippen molar-refractivity contribution in [1.29, 1.82) is 0 Å². The molecule has 4 nitrogen and oxygen atoms in total. The van der Waals surface area contributed by atoms with Gasteiger partial charge in [0, 0.05) is 31.7 Å². The lowest BCUT2D eigenvalue weighted by molar-refractivity contribution is 0.0946. The molecule has 0 aliphatic rings. The van der Waals surface area contributed by atoms with Gasteiger partial charge in [-0.25, -0.2) is 8.78 Å². The van der Waals surface area contributed by atoms with E-state index in [9.17, 15) is 13.6 Å². The van der Waals surface area contributed by atoms with Crippen LogP contribution in [0.25, 0.3) is 0 Å². The van der Waals surface area contributed by atoms with E-state index in [2.05, 4.69) is 29.4 Å². The highest BCUT2D eigenvalue weighted by Gasteiger charge is 2.14. The van der Waals surface area contributed by atoms with Gasteiger partial charge in [-0.2, -0.15) is 0 Å². The van der Waals surface area contributed by atoms with Crippen LogP contribution in [0.3, 0.4) is 0 Å². The topological polar surface area (TPSA) is 44.4 Å². The van der Waals surface area contributed by atoms with E-state index in [0.29, 0.717) is 19.1 Å². The third-order valence-corrected chi connectivity index (χ3v) is 3.65. The standard InChI is InChI=1S/C15H23F2N3O/c1-5-10(2)20(4)7-6-19-15(21)11-8-12(16)14(18-3)13(17)9-11/h8-10,18H,5-7H2,1-4H3,(H,19,21). The molecule has 0 fully saturated rings. The summed E-state index contributed by atoms with van der Waals surface area (Å²) < 4.78 is 27.2. The van der Waals surface area contributed by atoms with Crippen LogP contribution in [-0.4, -0.2) is 44.0 Å². The fraction of sp³-hybridized carbons (Fsp3) is 0.533. The van der Waals surface area contributed by atoms with Gasteiger partial charge in [0.25, 0.3) is 5.91 Å². The summed E-state index contributed by atoms with van der Waals surface area (Å²) in [5.41, 5.74) is -0.252. The van der Waals surface area contributed by atoms with E-state index in [1.807, 2.05) is 7.05 Å². The van der Waals surface area contributed by atoms with E-state index < -0.39 is 17.5 Å². The molecule has 0 saturated carbocycles. The number of rotatable bonds is 7. The van der Waals surface area contributed by atoms with Crippen molar-refractivity contribution in [2.75, 3.05) is 32.5 Å². The second kappa shape index (κ2) is 7.93. The number of hydrogen-bond acceptors (Lipinski definition) is 3. The first-order valence-corrected chi connectivity index (χ1v) is 7.05. The summed E-state index contributed by atoms with van der Waals surface area (Å²) in [5, 5.41) is 5.08. The Kier molecular flexibility index (Phi) is 6.55. The van der Waals surface area contributed by atoms with Crippen LogP contribution in [0.1, 0.15) is 30.6 Å². The number of nitrogens with zero attached hydrogens (tertiary/aromatic N) is 1. The van der Waals surface area contributed by atoms with Crippen molar-refractivity contribution >= 4 is 11.6 Å². The van der Waals surface area contributed by atoms with Crippen LogP contribution in [-0.2, 0) is 0 Å². The lowest BCUT2D eigenvalue weighted by atomic mass is 10.1. The van der Waals surface area contributed by atoms with Gasteiger partial charge in [0.15, 0.2) is 0 Å². The first-order chi connectivity index (χ1) is 9.90. The van der Waals surface area contributed by atoms with Crippen molar-refractivity contribution in [1.82, 2.24) is 10.2 Å². The Morgan fingerprint density at radius 2 is 1.90 bits per heavy atom. The Morgan fingerprint density at radius 3 is 2.38 bits per heavy atom. The van der Waals surface area contributed by atoms with E-state index in [1.165, 1.54) is 7.05 Å². The zero-order valence-corrected chi connectivity index (χ0v) is 13.0. The van der Waals surface area contributed by atoms with Crippen LogP contribution in [0.2, 0.25) is 0 Å². The number of nitrogens with one attached hydrogen (secondary N) is 2. The van der Waals surface area contributed by atoms with Gasteiger partial charge in [-0.05, 0) is 32.5 Å². The molecule has 0 saturated heterocycles. The highest BCUT2D eigenvalue weighted by atomic mass is 19.1. The molecule has 1 aromatic carbocycles. The lowest BCUT2D eigenvalue weighted by Gasteiger charge is -2.23. The highest BCUT2D eigenvalue weighted by molar-refractivity contribution is 5.94. The molecule has 0 radical (unpaired) electrons. The van der Waals surface area contributed by atoms with Crippen LogP contribution < -0.4 is 10.6 Å². The third-order valence-electron chi connectivity index (χ3n) is 3.65. The summed E-state index contributed by atoms with van der Waals surface area (Å²) in [7, 11) is 3.40. The summed E-state index contributed by atoms with van der Waals surface area (Å²) in [6, 6.07) is 2.48. The van der Waals surface area contributed by atoms with Crippen molar-refractivity contribution < 1.29 is 13.6 Å². The SMILES string of the molecule is CCC(C)N(C)CCNC(=O)c1cc(F)c(NC)c(F)c1. The van der Waals surface area contributed by atoms with Crippen molar-refractivity contribution in [3.05, 3.63) is 29.3 Å². The van der Waals surface area contributed by atoms with Crippen molar-refractivity contribution in [3.63, 3.8) is 0 Å². The molecular formula is C15H23F2N3O. The zero-order valence-electron chi connectivity index (χ0n) is 13.0. The van der Waals surface area contributed by atoms with Gasteiger partial charge in [-0.1, -0.05) is 6.92 Å². The molecule has 0 spiro atoms. The minimum Gasteiger partial charge on any atom is -0.383 e. The van der Waals surface area contributed by atoms with Crippen LogP contribution in [0.4, 0.5) is 14.5 Å². The molecule has 1 amide bonds. The number of carbonyl (C=O) groups is 1. The zero-order chi connectivity index (χ0) is 16.0. The minimum atomic E-state index is -0.778. The van der Waals surface area contributed by atoms with Gasteiger partial charge >= 0.3 is 0 Å². The van der Waals surface area contributed by atoms with Gasteiger partial charge < -0.3 is 15.5 Å². The average molecular weight is 299 g/mol. The first kappa shape index (κ1) is 17.4. The third kappa shape index (κ3) is 4.67. The maximum atomic E-state index is 13.6. The van der Waals surface area contributed by atoms with E-state index in [0.717, 1.165) is 18.6 Å². The Bertz CT molecular complexity index is 471. The maximum Gasteiger partial charge on any atom is 0.251 e. The Labute approximate surface area is 124 Å². The molecule has 0 heterocycles. The Balaban J connectivity index is 2.61. The molecule has 0 aromatic heterocycles. The fourth-order valence-corrected chi connectivity index (χ4v) is 1.92. The first-order valence-electron chi connectivity index (χ1n) is 7.05. The van der Waals surface area contributed by atoms with Crippen molar-refractivity contribution in [2.45, 2.75) is 26.3 Å². The van der Waals surface area contributed by atoms with Crippen molar-refractivity contribution in [3.8, 4) is 0 Å². The van der Waals surface area contributed by atoms with E-state index in [1.54, 1.807) is 0 Å². The molecule has 118 valence electrons. The quantitative estimate of drug-likeness (QED) is 0.813. The van der Waals surface area contributed by atoms with E-state index in [4.69, 9.17) is 0 Å². The molecular weight excluding hydrogens is 276 g/mol. The second-order valence-corrected chi connectivity index (χ2v) is 5.06. The number of hydrogen-bond donors (Lipinski definition) is 2. The molecule has 1 rings (SSSR count). The lowest BCUT2D eigenvalue weighted by Crippen LogP contribution is -2.37. The number of amides is 1. The normalized spacial score (nSPS) is 12.3. The number of anilines is 1. The molecule has 1 atom stereocenters. The fourth-order valence-electron chi connectivity index (χ4n) is 1.92. The molecule has 1 aromatic rings. The Hall–Kier alpha value is -1.69. The minimum absolute atomic E-state index is 0.0183. The van der Waals surface area contributed by atoms with Gasteiger partial charge in [0.1, 0.15) is 17.3 Å². The number of likely N-dealkylation sites (N-methyl/N-ethyl adjacent to an activating group) is 1. The van der Waals surface area contributed by atoms with Crippen LogP contribution in [0.5, 0.6) is 0 Å². The highest BCUT2D eigenvalue weighted by Crippen LogP contribution is 2.20. The number of benzene rings is 1. The van der Waals surface area contributed by atoms with E-state index in [-0.39, 0.29) is 11.3 Å². The molecule has 1 unspecified atom stereocenters. The summed E-state index contributed by atoms with van der Waals surface area (Å²) in [4.78, 5) is 14.0. The van der Waals surface area contributed by atoms with Gasteiger partial charge in [-0.15, -0.1) is 0 Å².